The van der Waals surface area contributed by atoms with E-state index in [0.29, 0.717) is 0 Å². The maximum absolute atomic E-state index is 2.77. The summed E-state index contributed by atoms with van der Waals surface area (Å²) in [6.07, 6.45) is 0. The van der Waals surface area contributed by atoms with Crippen molar-refractivity contribution in [1.82, 2.24) is 9.13 Å². The van der Waals surface area contributed by atoms with Crippen molar-refractivity contribution in [2.75, 3.05) is 0 Å². The van der Waals surface area contributed by atoms with Crippen molar-refractivity contribution in [3.63, 3.8) is 0 Å². The number of aromatic nitrogens is 2. The smallest absolute Gasteiger partial charge is 0.252 e. The molecule has 0 saturated heterocycles. The summed E-state index contributed by atoms with van der Waals surface area (Å²) in [6, 6.07) is 85.9. The molecular formula is C69H49BN2. The Kier molecular flexibility index (Phi) is 7.81. The Morgan fingerprint density at radius 3 is 1.53 bits per heavy atom. The first-order valence-corrected chi connectivity index (χ1v) is 25.7. The monoisotopic (exact) mass is 916 g/mol. The molecule has 3 aliphatic heterocycles. The number of nitrogens with zero attached hydrogens (tertiary/aromatic N) is 2. The second-order valence-corrected chi connectivity index (χ2v) is 21.9. The van der Waals surface area contributed by atoms with E-state index in [1.54, 1.807) is 0 Å². The molecule has 338 valence electrons. The first-order valence-electron chi connectivity index (χ1n) is 25.7. The van der Waals surface area contributed by atoms with E-state index in [1.807, 2.05) is 0 Å². The van der Waals surface area contributed by atoms with Gasteiger partial charge in [-0.1, -0.05) is 234 Å². The summed E-state index contributed by atoms with van der Waals surface area (Å²) in [5, 5.41) is 3.94. The highest BCUT2D eigenvalue weighted by Gasteiger charge is 2.55. The standard InChI is InChI=1S/C69H49BN2/c1-67(2,44-26-13-7-14-27-44)46-38-51-52-39-47(68(3,4)45-28-15-8-16-29-45)41-58-65(52)72-63(51)56(40-46)69(53-33-19-17-30-48(53)49-31-18-20-34-54(49)69)55-36-37-59-61(66(55)72)70(58)57-35-21-32-50-60(42-22-9-5-10-23-42)62(71(59)64(50)57)43-24-11-6-12-25-43/h5-41H,1-4H3. The molecule has 0 N–H and O–H groups in total. The lowest BCUT2D eigenvalue weighted by atomic mass is 9.33. The molecule has 0 unspecified atom stereocenters. The minimum atomic E-state index is -0.600. The SMILES string of the molecule is CC(C)(c1ccccc1)c1cc2c3c(c1)c1cc(C(C)(C)c4ccccc4)cc4c1n3-c1c(ccc3c1B2c1cccc2c(-c5ccccc5)c(-c5ccccc5)n-3c12)C41c2ccccc2-c2ccccc21. The maximum atomic E-state index is 2.77. The van der Waals surface area contributed by atoms with Crippen molar-refractivity contribution in [2.24, 2.45) is 0 Å². The summed E-state index contributed by atoms with van der Waals surface area (Å²) in [4.78, 5) is 0. The van der Waals surface area contributed by atoms with E-state index in [1.165, 1.54) is 138 Å². The van der Waals surface area contributed by atoms with E-state index in [-0.39, 0.29) is 17.5 Å². The van der Waals surface area contributed by atoms with Crippen LogP contribution in [0.1, 0.15) is 72.2 Å². The van der Waals surface area contributed by atoms with Gasteiger partial charge in [-0.3, -0.25) is 0 Å². The predicted molar refractivity (Wildman–Crippen MR) is 301 cm³/mol. The summed E-state index contributed by atoms with van der Waals surface area (Å²) in [7, 11) is 0. The van der Waals surface area contributed by atoms with Gasteiger partial charge in [0.25, 0.3) is 6.71 Å². The topological polar surface area (TPSA) is 9.86 Å². The van der Waals surface area contributed by atoms with Crippen molar-refractivity contribution in [3.8, 4) is 44.9 Å². The zero-order valence-corrected chi connectivity index (χ0v) is 40.8. The van der Waals surface area contributed by atoms with Gasteiger partial charge in [-0.15, -0.1) is 0 Å². The Hall–Kier alpha value is -8.40. The van der Waals surface area contributed by atoms with E-state index in [9.17, 15) is 0 Å². The average Bonchev–Trinajstić information content (AvgIpc) is 4.07. The second kappa shape index (κ2) is 13.9. The van der Waals surface area contributed by atoms with Crippen LogP contribution in [0.25, 0.3) is 77.6 Å². The Bertz CT molecular complexity index is 4260. The summed E-state index contributed by atoms with van der Waals surface area (Å²) < 4.78 is 5.43. The quantitative estimate of drug-likeness (QED) is 0.147. The Morgan fingerprint density at radius 2 is 0.903 bits per heavy atom. The molecule has 16 rings (SSSR count). The molecule has 2 nitrogen and oxygen atoms in total. The summed E-state index contributed by atoms with van der Waals surface area (Å²) in [5.41, 5.74) is 27.8. The molecule has 0 fully saturated rings. The Balaban J connectivity index is 1.15. The molecule has 3 heteroatoms. The number of rotatable bonds is 6. The van der Waals surface area contributed by atoms with Crippen LogP contribution in [-0.4, -0.2) is 15.8 Å². The lowest BCUT2D eigenvalue weighted by molar-refractivity contribution is 0.637. The number of para-hydroxylation sites is 1. The number of benzene rings is 10. The molecule has 4 aliphatic rings. The van der Waals surface area contributed by atoms with Gasteiger partial charge in [0, 0.05) is 55.0 Å². The van der Waals surface area contributed by atoms with Gasteiger partial charge < -0.3 is 9.13 Å². The fraction of sp³-hybridized carbons (Fsp3) is 0.101. The van der Waals surface area contributed by atoms with Crippen LogP contribution in [0.2, 0.25) is 0 Å². The zero-order valence-electron chi connectivity index (χ0n) is 40.8. The van der Waals surface area contributed by atoms with Gasteiger partial charge in [0.05, 0.1) is 16.6 Å². The van der Waals surface area contributed by atoms with Crippen molar-refractivity contribution >= 4 is 55.8 Å². The molecule has 0 amide bonds. The Labute approximate surface area is 420 Å². The molecule has 1 spiro atoms. The molecule has 10 aromatic carbocycles. The molecule has 1 aliphatic carbocycles. The zero-order chi connectivity index (χ0) is 47.8. The molecule has 0 atom stereocenters. The molecule has 0 saturated carbocycles. The van der Waals surface area contributed by atoms with Gasteiger partial charge in [-0.05, 0) is 101 Å². The Morgan fingerprint density at radius 1 is 0.375 bits per heavy atom. The van der Waals surface area contributed by atoms with Crippen LogP contribution >= 0.6 is 0 Å². The lowest BCUT2D eigenvalue weighted by Crippen LogP contribution is -2.60. The van der Waals surface area contributed by atoms with Gasteiger partial charge >= 0.3 is 0 Å². The number of fused-ring (bicyclic) bond motifs is 11. The van der Waals surface area contributed by atoms with Crippen molar-refractivity contribution in [2.45, 2.75) is 43.9 Å². The molecule has 5 heterocycles. The van der Waals surface area contributed by atoms with Crippen molar-refractivity contribution in [3.05, 3.63) is 269 Å². The molecule has 12 aromatic rings. The van der Waals surface area contributed by atoms with Gasteiger partial charge in [-0.25, -0.2) is 0 Å². The third kappa shape index (κ3) is 4.82. The third-order valence-corrected chi connectivity index (χ3v) is 17.9. The van der Waals surface area contributed by atoms with Crippen LogP contribution in [0.3, 0.4) is 0 Å². The molecule has 0 bridgehead atoms. The van der Waals surface area contributed by atoms with E-state index in [4.69, 9.17) is 0 Å². The highest BCUT2D eigenvalue weighted by molar-refractivity contribution is 7.00. The highest BCUT2D eigenvalue weighted by atomic mass is 15.1. The minimum Gasteiger partial charge on any atom is -0.310 e. The van der Waals surface area contributed by atoms with Gasteiger partial charge in [0.15, 0.2) is 0 Å². The minimum absolute atomic E-state index is 0.0372. The normalized spacial score (nSPS) is 14.2. The molecule has 0 radical (unpaired) electrons. The first-order chi connectivity index (χ1) is 35.3. The molecule has 2 aromatic heterocycles. The van der Waals surface area contributed by atoms with Crippen LogP contribution < -0.4 is 16.4 Å². The number of hydrogen-bond acceptors (Lipinski definition) is 0. The summed E-state index contributed by atoms with van der Waals surface area (Å²) in [6.45, 7) is 9.67. The number of hydrogen-bond donors (Lipinski definition) is 0. The van der Waals surface area contributed by atoms with Crippen molar-refractivity contribution in [1.29, 1.82) is 0 Å². The highest BCUT2D eigenvalue weighted by Crippen LogP contribution is 2.62. The van der Waals surface area contributed by atoms with Crippen LogP contribution in [0.15, 0.2) is 224 Å². The third-order valence-electron chi connectivity index (χ3n) is 17.9. The van der Waals surface area contributed by atoms with E-state index < -0.39 is 5.41 Å². The van der Waals surface area contributed by atoms with Crippen LogP contribution in [0, 0.1) is 0 Å². The van der Waals surface area contributed by atoms with E-state index in [0.717, 1.165) is 0 Å². The molecular weight excluding hydrogens is 868 g/mol. The van der Waals surface area contributed by atoms with Crippen LogP contribution in [0.4, 0.5) is 0 Å². The van der Waals surface area contributed by atoms with Crippen molar-refractivity contribution < 1.29 is 0 Å². The van der Waals surface area contributed by atoms with E-state index >= 15 is 0 Å². The largest absolute Gasteiger partial charge is 0.310 e. The first kappa shape index (κ1) is 40.3. The fourth-order valence-corrected chi connectivity index (χ4v) is 14.5. The van der Waals surface area contributed by atoms with Gasteiger partial charge in [0.1, 0.15) is 0 Å². The average molecular weight is 917 g/mol. The fourth-order valence-electron chi connectivity index (χ4n) is 14.5. The van der Waals surface area contributed by atoms with Crippen LogP contribution in [-0.2, 0) is 16.2 Å². The van der Waals surface area contributed by atoms with Gasteiger partial charge in [-0.2, -0.15) is 0 Å². The summed E-state index contributed by atoms with van der Waals surface area (Å²) >= 11 is 0. The molecule has 72 heavy (non-hydrogen) atoms. The van der Waals surface area contributed by atoms with E-state index in [2.05, 4.69) is 261 Å². The predicted octanol–water partition coefficient (Wildman–Crippen LogP) is 14.5. The maximum Gasteiger partial charge on any atom is 0.252 e. The lowest BCUT2D eigenvalue weighted by Gasteiger charge is -2.44. The van der Waals surface area contributed by atoms with Gasteiger partial charge in [0.2, 0.25) is 0 Å². The second-order valence-electron chi connectivity index (χ2n) is 21.9. The van der Waals surface area contributed by atoms with Crippen LogP contribution in [0.5, 0.6) is 0 Å². The summed E-state index contributed by atoms with van der Waals surface area (Å²) in [5.74, 6) is 0.